The molecule has 20 heavy (non-hydrogen) atoms. The number of hydrogen-bond acceptors (Lipinski definition) is 2. The summed E-state index contributed by atoms with van der Waals surface area (Å²) in [6.07, 6.45) is 4.48. The Kier molecular flexibility index (Phi) is 6.50. The SMILES string of the molecule is Cc1ccc(/C=C/C(=O)NCCCC(C)C(=O)O)cc1. The summed E-state index contributed by atoms with van der Waals surface area (Å²) in [5.74, 6) is -1.32. The van der Waals surface area contributed by atoms with Gasteiger partial charge < -0.3 is 10.4 Å². The minimum absolute atomic E-state index is 0.159. The van der Waals surface area contributed by atoms with Crippen molar-refractivity contribution in [2.24, 2.45) is 5.92 Å². The number of benzene rings is 1. The Bertz CT molecular complexity index is 477. The maximum Gasteiger partial charge on any atom is 0.306 e. The van der Waals surface area contributed by atoms with Crippen LogP contribution in [0.5, 0.6) is 0 Å². The summed E-state index contributed by atoms with van der Waals surface area (Å²) in [5, 5.41) is 11.5. The van der Waals surface area contributed by atoms with E-state index in [2.05, 4.69) is 5.32 Å². The van der Waals surface area contributed by atoms with Gasteiger partial charge in [-0.25, -0.2) is 0 Å². The Morgan fingerprint density at radius 3 is 2.55 bits per heavy atom. The zero-order chi connectivity index (χ0) is 15.0. The number of nitrogens with one attached hydrogen (secondary N) is 1. The summed E-state index contributed by atoms with van der Waals surface area (Å²) in [5.41, 5.74) is 2.16. The van der Waals surface area contributed by atoms with Crippen LogP contribution in [0.2, 0.25) is 0 Å². The first-order chi connectivity index (χ1) is 9.49. The van der Waals surface area contributed by atoms with E-state index in [1.165, 1.54) is 11.6 Å². The van der Waals surface area contributed by atoms with Crippen LogP contribution in [0.3, 0.4) is 0 Å². The zero-order valence-electron chi connectivity index (χ0n) is 11.9. The van der Waals surface area contributed by atoms with Crippen molar-refractivity contribution in [1.29, 1.82) is 0 Å². The van der Waals surface area contributed by atoms with Crippen LogP contribution >= 0.6 is 0 Å². The molecule has 0 aliphatic heterocycles. The van der Waals surface area contributed by atoms with Crippen molar-refractivity contribution in [3.05, 3.63) is 41.5 Å². The molecule has 4 heteroatoms. The first-order valence-electron chi connectivity index (χ1n) is 6.74. The van der Waals surface area contributed by atoms with Crippen LogP contribution in [0.25, 0.3) is 6.08 Å². The van der Waals surface area contributed by atoms with Crippen molar-refractivity contribution in [3.63, 3.8) is 0 Å². The summed E-state index contributed by atoms with van der Waals surface area (Å²) in [7, 11) is 0. The molecule has 0 heterocycles. The third-order valence-electron chi connectivity index (χ3n) is 3.04. The van der Waals surface area contributed by atoms with E-state index < -0.39 is 5.97 Å². The molecule has 0 radical (unpaired) electrons. The summed E-state index contributed by atoms with van der Waals surface area (Å²) in [4.78, 5) is 22.2. The van der Waals surface area contributed by atoms with Gasteiger partial charge in [0, 0.05) is 12.6 Å². The number of carbonyl (C=O) groups excluding carboxylic acids is 1. The maximum absolute atomic E-state index is 11.5. The molecule has 0 bridgehead atoms. The molecule has 0 spiro atoms. The Balaban J connectivity index is 2.26. The topological polar surface area (TPSA) is 66.4 Å². The minimum atomic E-state index is -0.796. The second kappa shape index (κ2) is 8.15. The van der Waals surface area contributed by atoms with Crippen LogP contribution in [-0.4, -0.2) is 23.5 Å². The summed E-state index contributed by atoms with van der Waals surface area (Å²) in [6, 6.07) is 7.89. The van der Waals surface area contributed by atoms with E-state index in [9.17, 15) is 9.59 Å². The Morgan fingerprint density at radius 2 is 1.95 bits per heavy atom. The number of rotatable bonds is 7. The molecule has 1 aromatic carbocycles. The van der Waals surface area contributed by atoms with Gasteiger partial charge in [-0.15, -0.1) is 0 Å². The average molecular weight is 275 g/mol. The largest absolute Gasteiger partial charge is 0.481 e. The fraction of sp³-hybridized carbons (Fsp3) is 0.375. The molecule has 1 rings (SSSR count). The molecule has 0 aromatic heterocycles. The molecule has 0 saturated carbocycles. The van der Waals surface area contributed by atoms with Gasteiger partial charge in [0.2, 0.25) is 5.91 Å². The number of carboxylic acids is 1. The summed E-state index contributed by atoms with van der Waals surface area (Å²) in [6.45, 7) is 4.18. The molecule has 0 saturated heterocycles. The maximum atomic E-state index is 11.5. The van der Waals surface area contributed by atoms with E-state index in [4.69, 9.17) is 5.11 Å². The number of hydrogen-bond donors (Lipinski definition) is 2. The smallest absolute Gasteiger partial charge is 0.306 e. The first-order valence-corrected chi connectivity index (χ1v) is 6.74. The van der Waals surface area contributed by atoms with Gasteiger partial charge in [-0.2, -0.15) is 0 Å². The second-order valence-corrected chi connectivity index (χ2v) is 4.92. The first kappa shape index (κ1) is 16.0. The van der Waals surface area contributed by atoms with Crippen LogP contribution < -0.4 is 5.32 Å². The number of carbonyl (C=O) groups is 2. The average Bonchev–Trinajstić information content (AvgIpc) is 2.42. The standard InChI is InChI=1S/C16H21NO3/c1-12-5-7-14(8-6-12)9-10-15(18)17-11-3-4-13(2)16(19)20/h5-10,13H,3-4,11H2,1-2H3,(H,17,18)(H,19,20)/b10-9+. The number of aliphatic carboxylic acids is 1. The van der Waals surface area contributed by atoms with Crippen LogP contribution in [0.15, 0.2) is 30.3 Å². The predicted octanol–water partition coefficient (Wildman–Crippen LogP) is 2.63. The van der Waals surface area contributed by atoms with Gasteiger partial charge in [0.05, 0.1) is 5.92 Å². The molecule has 1 amide bonds. The lowest BCUT2D eigenvalue weighted by atomic mass is 10.1. The van der Waals surface area contributed by atoms with E-state index in [1.807, 2.05) is 31.2 Å². The van der Waals surface area contributed by atoms with Crippen molar-refractivity contribution >= 4 is 18.0 Å². The predicted molar refractivity (Wildman–Crippen MR) is 79.3 cm³/mol. The molecule has 1 atom stereocenters. The van der Waals surface area contributed by atoms with Crippen LogP contribution in [0.1, 0.15) is 30.9 Å². The van der Waals surface area contributed by atoms with Gasteiger partial charge in [-0.05, 0) is 31.4 Å². The summed E-state index contributed by atoms with van der Waals surface area (Å²) < 4.78 is 0. The third-order valence-corrected chi connectivity index (χ3v) is 3.04. The number of amides is 1. The van der Waals surface area contributed by atoms with E-state index >= 15 is 0 Å². The molecule has 108 valence electrons. The molecule has 2 N–H and O–H groups in total. The fourth-order valence-electron chi connectivity index (χ4n) is 1.65. The lowest BCUT2D eigenvalue weighted by Crippen LogP contribution is -2.23. The highest BCUT2D eigenvalue weighted by atomic mass is 16.4. The van der Waals surface area contributed by atoms with Crippen LogP contribution in [-0.2, 0) is 9.59 Å². The summed E-state index contributed by atoms with van der Waals surface area (Å²) >= 11 is 0. The van der Waals surface area contributed by atoms with E-state index in [0.717, 1.165) is 5.56 Å². The number of carboxylic acid groups (broad SMARTS) is 1. The van der Waals surface area contributed by atoms with Gasteiger partial charge in [0.1, 0.15) is 0 Å². The van der Waals surface area contributed by atoms with Crippen molar-refractivity contribution in [2.45, 2.75) is 26.7 Å². The molecule has 1 aromatic rings. The molecule has 0 fully saturated rings. The zero-order valence-corrected chi connectivity index (χ0v) is 11.9. The van der Waals surface area contributed by atoms with Gasteiger partial charge in [-0.1, -0.05) is 36.8 Å². The Labute approximate surface area is 119 Å². The third kappa shape index (κ3) is 6.18. The highest BCUT2D eigenvalue weighted by molar-refractivity contribution is 5.91. The monoisotopic (exact) mass is 275 g/mol. The highest BCUT2D eigenvalue weighted by Crippen LogP contribution is 2.05. The Hall–Kier alpha value is -2.10. The van der Waals surface area contributed by atoms with Gasteiger partial charge in [0.25, 0.3) is 0 Å². The molecular weight excluding hydrogens is 254 g/mol. The number of aryl methyl sites for hydroxylation is 1. The minimum Gasteiger partial charge on any atom is -0.481 e. The van der Waals surface area contributed by atoms with E-state index in [1.54, 1.807) is 13.0 Å². The fourth-order valence-corrected chi connectivity index (χ4v) is 1.65. The Morgan fingerprint density at radius 1 is 1.30 bits per heavy atom. The molecular formula is C16H21NO3. The van der Waals surface area contributed by atoms with E-state index in [0.29, 0.717) is 19.4 Å². The van der Waals surface area contributed by atoms with Crippen molar-refractivity contribution in [3.8, 4) is 0 Å². The van der Waals surface area contributed by atoms with Gasteiger partial charge >= 0.3 is 5.97 Å². The van der Waals surface area contributed by atoms with Crippen molar-refractivity contribution in [2.75, 3.05) is 6.54 Å². The highest BCUT2D eigenvalue weighted by Gasteiger charge is 2.09. The lowest BCUT2D eigenvalue weighted by Gasteiger charge is -2.05. The molecule has 0 aliphatic carbocycles. The molecule has 0 aliphatic rings. The van der Waals surface area contributed by atoms with Gasteiger partial charge in [-0.3, -0.25) is 9.59 Å². The van der Waals surface area contributed by atoms with Crippen molar-refractivity contribution < 1.29 is 14.7 Å². The van der Waals surface area contributed by atoms with E-state index in [-0.39, 0.29) is 11.8 Å². The second-order valence-electron chi connectivity index (χ2n) is 4.92. The van der Waals surface area contributed by atoms with Crippen LogP contribution in [0, 0.1) is 12.8 Å². The van der Waals surface area contributed by atoms with Crippen molar-refractivity contribution in [1.82, 2.24) is 5.32 Å². The van der Waals surface area contributed by atoms with Crippen LogP contribution in [0.4, 0.5) is 0 Å². The molecule has 1 unspecified atom stereocenters. The lowest BCUT2D eigenvalue weighted by molar-refractivity contribution is -0.141. The quantitative estimate of drug-likeness (QED) is 0.594. The van der Waals surface area contributed by atoms with Gasteiger partial charge in [0.15, 0.2) is 0 Å². The molecule has 4 nitrogen and oxygen atoms in total. The normalized spacial score (nSPS) is 12.3.